The van der Waals surface area contributed by atoms with Crippen LogP contribution in [0.2, 0.25) is 0 Å². The lowest BCUT2D eigenvalue weighted by Gasteiger charge is -2.37. The lowest BCUT2D eigenvalue weighted by atomic mass is 9.80. The summed E-state index contributed by atoms with van der Waals surface area (Å²) in [5, 5.41) is 0. The van der Waals surface area contributed by atoms with E-state index in [1.54, 1.807) is 0 Å². The SMILES string of the molecule is CCCC(CCC)N(C(=O)C(C)C(C)(C)C)c1cccc(C)c1. The summed E-state index contributed by atoms with van der Waals surface area (Å²) in [6.07, 6.45) is 4.32. The maximum Gasteiger partial charge on any atom is 0.230 e. The van der Waals surface area contributed by atoms with Crippen LogP contribution in [0.1, 0.15) is 72.8 Å². The van der Waals surface area contributed by atoms with Gasteiger partial charge in [0.1, 0.15) is 0 Å². The monoisotopic (exact) mass is 317 g/mol. The summed E-state index contributed by atoms with van der Waals surface area (Å²) >= 11 is 0. The molecule has 0 radical (unpaired) electrons. The zero-order valence-corrected chi connectivity index (χ0v) is 16.1. The van der Waals surface area contributed by atoms with E-state index in [1.807, 2.05) is 0 Å². The van der Waals surface area contributed by atoms with Gasteiger partial charge in [0.2, 0.25) is 5.91 Å². The Hall–Kier alpha value is -1.31. The van der Waals surface area contributed by atoms with Crippen molar-refractivity contribution in [1.29, 1.82) is 0 Å². The Labute approximate surface area is 143 Å². The Morgan fingerprint density at radius 2 is 1.70 bits per heavy atom. The molecule has 0 spiro atoms. The fourth-order valence-corrected chi connectivity index (χ4v) is 2.94. The molecule has 0 aliphatic rings. The van der Waals surface area contributed by atoms with Crippen LogP contribution in [0.5, 0.6) is 0 Å². The first-order valence-corrected chi connectivity index (χ1v) is 9.12. The Morgan fingerprint density at radius 3 is 2.13 bits per heavy atom. The van der Waals surface area contributed by atoms with Crippen molar-refractivity contribution in [3.8, 4) is 0 Å². The molecule has 0 N–H and O–H groups in total. The molecular weight excluding hydrogens is 282 g/mol. The van der Waals surface area contributed by atoms with E-state index >= 15 is 0 Å². The summed E-state index contributed by atoms with van der Waals surface area (Å²) < 4.78 is 0. The smallest absolute Gasteiger partial charge is 0.230 e. The van der Waals surface area contributed by atoms with E-state index < -0.39 is 0 Å². The highest BCUT2D eigenvalue weighted by molar-refractivity contribution is 5.96. The third-order valence-corrected chi connectivity index (χ3v) is 4.80. The maximum absolute atomic E-state index is 13.3. The van der Waals surface area contributed by atoms with Crippen molar-refractivity contribution in [1.82, 2.24) is 0 Å². The predicted molar refractivity (Wildman–Crippen MR) is 101 cm³/mol. The van der Waals surface area contributed by atoms with E-state index in [0.29, 0.717) is 6.04 Å². The zero-order chi connectivity index (χ0) is 17.6. The molecule has 1 aromatic rings. The lowest BCUT2D eigenvalue weighted by Crippen LogP contribution is -2.46. The minimum Gasteiger partial charge on any atom is -0.309 e. The van der Waals surface area contributed by atoms with Crippen molar-refractivity contribution < 1.29 is 4.79 Å². The summed E-state index contributed by atoms with van der Waals surface area (Å²) in [6.45, 7) is 15.0. The van der Waals surface area contributed by atoms with E-state index in [9.17, 15) is 4.79 Å². The van der Waals surface area contributed by atoms with Crippen LogP contribution in [-0.4, -0.2) is 11.9 Å². The largest absolute Gasteiger partial charge is 0.309 e. The van der Waals surface area contributed by atoms with Crippen LogP contribution in [0.15, 0.2) is 24.3 Å². The predicted octanol–water partition coefficient (Wildman–Crippen LogP) is 5.98. The van der Waals surface area contributed by atoms with Crippen molar-refractivity contribution >= 4 is 11.6 Å². The number of aryl methyl sites for hydroxylation is 1. The molecule has 2 nitrogen and oxygen atoms in total. The van der Waals surface area contributed by atoms with Crippen LogP contribution in [0.3, 0.4) is 0 Å². The summed E-state index contributed by atoms with van der Waals surface area (Å²) in [4.78, 5) is 15.4. The molecule has 1 unspecified atom stereocenters. The van der Waals surface area contributed by atoms with Gasteiger partial charge in [0.05, 0.1) is 0 Å². The molecule has 0 bridgehead atoms. The number of benzene rings is 1. The molecule has 2 heteroatoms. The topological polar surface area (TPSA) is 20.3 Å². The van der Waals surface area contributed by atoms with Crippen molar-refractivity contribution in [3.63, 3.8) is 0 Å². The number of amides is 1. The van der Waals surface area contributed by atoms with Crippen molar-refractivity contribution in [2.75, 3.05) is 4.90 Å². The van der Waals surface area contributed by atoms with Crippen LogP contribution >= 0.6 is 0 Å². The van der Waals surface area contributed by atoms with E-state index in [2.05, 4.69) is 77.6 Å². The number of anilines is 1. The van der Waals surface area contributed by atoms with Gasteiger partial charge in [-0.15, -0.1) is 0 Å². The van der Waals surface area contributed by atoms with Crippen molar-refractivity contribution in [3.05, 3.63) is 29.8 Å². The fraction of sp³-hybridized carbons (Fsp3) is 0.667. The summed E-state index contributed by atoms with van der Waals surface area (Å²) in [7, 11) is 0. The maximum atomic E-state index is 13.3. The van der Waals surface area contributed by atoms with Crippen LogP contribution in [-0.2, 0) is 4.79 Å². The number of hydrogen-bond donors (Lipinski definition) is 0. The van der Waals surface area contributed by atoms with E-state index in [1.165, 1.54) is 5.56 Å². The van der Waals surface area contributed by atoms with E-state index in [0.717, 1.165) is 31.4 Å². The summed E-state index contributed by atoms with van der Waals surface area (Å²) in [5.41, 5.74) is 2.23. The third-order valence-electron chi connectivity index (χ3n) is 4.80. The Morgan fingerprint density at radius 1 is 1.13 bits per heavy atom. The second-order valence-electron chi connectivity index (χ2n) is 7.87. The molecule has 0 fully saturated rings. The summed E-state index contributed by atoms with van der Waals surface area (Å²) in [6, 6.07) is 8.67. The second kappa shape index (κ2) is 8.52. The van der Waals surface area contributed by atoms with Gasteiger partial charge in [-0.2, -0.15) is 0 Å². The highest BCUT2D eigenvalue weighted by Gasteiger charge is 2.34. The quantitative estimate of drug-likeness (QED) is 0.606. The molecule has 0 saturated carbocycles. The highest BCUT2D eigenvalue weighted by atomic mass is 16.2. The minimum atomic E-state index is -0.0257. The Bertz CT molecular complexity index is 495. The molecule has 130 valence electrons. The van der Waals surface area contributed by atoms with Crippen LogP contribution in [0.4, 0.5) is 5.69 Å². The second-order valence-corrected chi connectivity index (χ2v) is 7.87. The van der Waals surface area contributed by atoms with Gasteiger partial charge >= 0.3 is 0 Å². The third kappa shape index (κ3) is 5.37. The lowest BCUT2D eigenvalue weighted by molar-refractivity contribution is -0.125. The van der Waals surface area contributed by atoms with Gasteiger partial charge in [-0.25, -0.2) is 0 Å². The standard InChI is InChI=1S/C21H35NO/c1-8-11-18(12-9-2)22(19-14-10-13-16(3)15-19)20(23)17(4)21(5,6)7/h10,13-15,17-18H,8-9,11-12H2,1-7H3. The zero-order valence-electron chi connectivity index (χ0n) is 16.1. The van der Waals surface area contributed by atoms with Crippen molar-refractivity contribution in [2.45, 2.75) is 80.2 Å². The fourth-order valence-electron chi connectivity index (χ4n) is 2.94. The van der Waals surface area contributed by atoms with Gasteiger partial charge in [0.15, 0.2) is 0 Å². The van der Waals surface area contributed by atoms with E-state index in [-0.39, 0.29) is 17.2 Å². The highest BCUT2D eigenvalue weighted by Crippen LogP contribution is 2.32. The molecule has 0 aliphatic carbocycles. The first-order valence-electron chi connectivity index (χ1n) is 9.12. The molecule has 1 rings (SSSR count). The first kappa shape index (κ1) is 19.7. The molecule has 1 atom stereocenters. The van der Waals surface area contributed by atoms with Gasteiger partial charge < -0.3 is 4.90 Å². The molecule has 1 aromatic carbocycles. The number of hydrogen-bond acceptors (Lipinski definition) is 1. The number of nitrogens with zero attached hydrogens (tertiary/aromatic N) is 1. The number of carbonyl (C=O) groups is 1. The molecule has 23 heavy (non-hydrogen) atoms. The number of carbonyl (C=O) groups excluding carboxylic acids is 1. The van der Waals surface area contributed by atoms with Gasteiger partial charge in [0.25, 0.3) is 0 Å². The number of rotatable bonds is 7. The minimum absolute atomic E-state index is 0.000718. The summed E-state index contributed by atoms with van der Waals surface area (Å²) in [5.74, 6) is 0.259. The molecule has 0 aliphatic heterocycles. The van der Waals surface area contributed by atoms with Gasteiger partial charge in [-0.1, -0.05) is 66.5 Å². The van der Waals surface area contributed by atoms with Gasteiger partial charge in [-0.3, -0.25) is 4.79 Å². The first-order chi connectivity index (χ1) is 10.7. The average molecular weight is 318 g/mol. The van der Waals surface area contributed by atoms with Crippen molar-refractivity contribution in [2.24, 2.45) is 11.3 Å². The van der Waals surface area contributed by atoms with Gasteiger partial charge in [-0.05, 0) is 42.9 Å². The Kier molecular flexibility index (Phi) is 7.31. The molecular formula is C21H35NO. The van der Waals surface area contributed by atoms with Crippen LogP contribution < -0.4 is 4.90 Å². The molecule has 0 saturated heterocycles. The Balaban J connectivity index is 3.27. The van der Waals surface area contributed by atoms with E-state index in [4.69, 9.17) is 0 Å². The molecule has 0 aromatic heterocycles. The molecule has 1 amide bonds. The normalized spacial score (nSPS) is 13.2. The van der Waals surface area contributed by atoms with Crippen LogP contribution in [0.25, 0.3) is 0 Å². The van der Waals surface area contributed by atoms with Crippen LogP contribution in [0, 0.1) is 18.3 Å². The van der Waals surface area contributed by atoms with Gasteiger partial charge in [0, 0.05) is 17.6 Å². The molecule has 0 heterocycles. The average Bonchev–Trinajstić information content (AvgIpc) is 2.46.